The summed E-state index contributed by atoms with van der Waals surface area (Å²) in [6.07, 6.45) is 0.216. The van der Waals surface area contributed by atoms with E-state index in [2.05, 4.69) is 0 Å². The van der Waals surface area contributed by atoms with E-state index < -0.39 is 11.2 Å². The van der Waals surface area contributed by atoms with E-state index in [0.29, 0.717) is 36.2 Å². The minimum atomic E-state index is -0.689. The quantitative estimate of drug-likeness (QED) is 0.854. The Balaban J connectivity index is 2.17. The van der Waals surface area contributed by atoms with Crippen molar-refractivity contribution in [3.8, 4) is 0 Å². The third-order valence-corrected chi connectivity index (χ3v) is 4.69. The van der Waals surface area contributed by atoms with Crippen LogP contribution in [0.25, 0.3) is 0 Å². The van der Waals surface area contributed by atoms with Crippen LogP contribution in [0.2, 0.25) is 10.0 Å². The van der Waals surface area contributed by atoms with Crippen LogP contribution < -0.4 is 5.73 Å². The van der Waals surface area contributed by atoms with Gasteiger partial charge in [-0.1, -0.05) is 29.3 Å². The van der Waals surface area contributed by atoms with Gasteiger partial charge in [-0.25, -0.2) is 4.79 Å². The van der Waals surface area contributed by atoms with Crippen molar-refractivity contribution >= 4 is 29.3 Å². The number of carbonyl (C=O) groups excluding carboxylic acids is 1. The lowest BCUT2D eigenvalue weighted by Crippen LogP contribution is -2.40. The second kappa shape index (κ2) is 7.48. The van der Waals surface area contributed by atoms with Crippen molar-refractivity contribution in [1.29, 1.82) is 0 Å². The van der Waals surface area contributed by atoms with Crippen LogP contribution in [-0.2, 0) is 15.1 Å². The fraction of sp³-hybridized carbons (Fsp3) is 0.588. The largest absolute Gasteiger partial charge is 0.444 e. The van der Waals surface area contributed by atoms with Crippen molar-refractivity contribution < 1.29 is 14.3 Å². The van der Waals surface area contributed by atoms with Crippen LogP contribution in [0, 0.1) is 0 Å². The van der Waals surface area contributed by atoms with Gasteiger partial charge in [-0.15, -0.1) is 0 Å². The highest BCUT2D eigenvalue weighted by molar-refractivity contribution is 6.42. The topological polar surface area (TPSA) is 64.8 Å². The van der Waals surface area contributed by atoms with Crippen LogP contribution >= 0.6 is 23.2 Å². The maximum Gasteiger partial charge on any atom is 0.410 e. The first-order valence-electron chi connectivity index (χ1n) is 7.94. The van der Waals surface area contributed by atoms with Gasteiger partial charge in [-0.2, -0.15) is 0 Å². The lowest BCUT2D eigenvalue weighted by molar-refractivity contribution is -0.0362. The summed E-state index contributed by atoms with van der Waals surface area (Å²) in [5.41, 5.74) is 5.66. The second-order valence-electron chi connectivity index (χ2n) is 6.89. The molecule has 24 heavy (non-hydrogen) atoms. The molecule has 0 unspecified atom stereocenters. The van der Waals surface area contributed by atoms with Crippen molar-refractivity contribution in [2.45, 2.75) is 38.4 Å². The molecule has 1 fully saturated rings. The van der Waals surface area contributed by atoms with Crippen LogP contribution in [0.1, 0.15) is 32.8 Å². The summed E-state index contributed by atoms with van der Waals surface area (Å²) in [6, 6.07) is 5.38. The normalized spacial score (nSPS) is 22.2. The van der Waals surface area contributed by atoms with Gasteiger partial charge in [0.1, 0.15) is 11.2 Å². The summed E-state index contributed by atoms with van der Waals surface area (Å²) < 4.78 is 11.5. The first-order valence-corrected chi connectivity index (χ1v) is 8.70. The monoisotopic (exact) mass is 374 g/mol. The van der Waals surface area contributed by atoms with Gasteiger partial charge in [0.15, 0.2) is 0 Å². The summed E-state index contributed by atoms with van der Waals surface area (Å²) in [7, 11) is 0. The molecule has 1 aromatic carbocycles. The fourth-order valence-electron chi connectivity index (χ4n) is 2.65. The summed E-state index contributed by atoms with van der Waals surface area (Å²) in [4.78, 5) is 13.9. The predicted molar refractivity (Wildman–Crippen MR) is 95.6 cm³/mol. The van der Waals surface area contributed by atoms with Gasteiger partial charge < -0.3 is 20.1 Å². The second-order valence-corrected chi connectivity index (χ2v) is 7.71. The zero-order valence-corrected chi connectivity index (χ0v) is 15.8. The van der Waals surface area contributed by atoms with Gasteiger partial charge in [-0.05, 0) is 44.9 Å². The minimum absolute atomic E-state index is 0.285. The summed E-state index contributed by atoms with van der Waals surface area (Å²) in [5, 5.41) is 0.940. The standard InChI is InChI=1S/C17H24Cl2N2O3/c1-16(2,3)24-15(22)21-7-6-17(11-20,23-9-8-21)12-4-5-13(18)14(19)10-12/h4-5,10H,6-9,11,20H2,1-3H3/t17-/m1/s1. The number of hydrogen-bond donors (Lipinski definition) is 1. The zero-order valence-electron chi connectivity index (χ0n) is 14.3. The SMILES string of the molecule is CC(C)(C)OC(=O)N1CCO[C@](CN)(c2ccc(Cl)c(Cl)c2)CC1. The molecule has 0 spiro atoms. The van der Waals surface area contributed by atoms with Crippen LogP contribution in [0.4, 0.5) is 4.79 Å². The number of benzene rings is 1. The first kappa shape index (κ1) is 19.3. The predicted octanol–water partition coefficient (Wildman–Crippen LogP) is 3.80. The van der Waals surface area contributed by atoms with E-state index in [-0.39, 0.29) is 12.6 Å². The molecule has 1 saturated heterocycles. The average molecular weight is 375 g/mol. The van der Waals surface area contributed by atoms with E-state index in [0.717, 1.165) is 5.56 Å². The Morgan fingerprint density at radius 3 is 2.62 bits per heavy atom. The third-order valence-electron chi connectivity index (χ3n) is 3.95. The molecule has 1 aliphatic heterocycles. The number of carbonyl (C=O) groups is 1. The molecule has 1 aromatic rings. The van der Waals surface area contributed by atoms with Gasteiger partial charge in [-0.3, -0.25) is 0 Å². The summed E-state index contributed by atoms with van der Waals surface area (Å²) in [5.74, 6) is 0. The molecular weight excluding hydrogens is 351 g/mol. The van der Waals surface area contributed by atoms with Crippen molar-refractivity contribution in [2.75, 3.05) is 26.2 Å². The fourth-order valence-corrected chi connectivity index (χ4v) is 2.94. The van der Waals surface area contributed by atoms with Gasteiger partial charge >= 0.3 is 6.09 Å². The van der Waals surface area contributed by atoms with Crippen molar-refractivity contribution in [3.63, 3.8) is 0 Å². The van der Waals surface area contributed by atoms with Crippen molar-refractivity contribution in [3.05, 3.63) is 33.8 Å². The molecule has 7 heteroatoms. The number of nitrogens with two attached hydrogens (primary N) is 1. The molecule has 5 nitrogen and oxygen atoms in total. The number of amides is 1. The van der Waals surface area contributed by atoms with E-state index in [9.17, 15) is 4.79 Å². The van der Waals surface area contributed by atoms with E-state index in [4.69, 9.17) is 38.4 Å². The third kappa shape index (κ3) is 4.54. The molecule has 134 valence electrons. The van der Waals surface area contributed by atoms with Crippen molar-refractivity contribution in [1.82, 2.24) is 4.90 Å². The molecule has 1 atom stereocenters. The highest BCUT2D eigenvalue weighted by atomic mass is 35.5. The van der Waals surface area contributed by atoms with E-state index in [1.54, 1.807) is 17.0 Å². The first-order chi connectivity index (χ1) is 11.2. The Hall–Kier alpha value is -1.01. The minimum Gasteiger partial charge on any atom is -0.444 e. The van der Waals surface area contributed by atoms with Crippen LogP contribution in [0.15, 0.2) is 18.2 Å². The lowest BCUT2D eigenvalue weighted by Gasteiger charge is -2.32. The van der Waals surface area contributed by atoms with Crippen LogP contribution in [-0.4, -0.2) is 42.8 Å². The van der Waals surface area contributed by atoms with E-state index >= 15 is 0 Å². The van der Waals surface area contributed by atoms with Gasteiger partial charge in [0.05, 0.1) is 16.7 Å². The Labute approximate surface area is 153 Å². The maximum absolute atomic E-state index is 12.3. The Bertz CT molecular complexity index is 604. The molecule has 1 aliphatic rings. The Kier molecular flexibility index (Phi) is 6.02. The highest BCUT2D eigenvalue weighted by Gasteiger charge is 2.36. The number of ether oxygens (including phenoxy) is 2. The smallest absolute Gasteiger partial charge is 0.410 e. The molecule has 0 bridgehead atoms. The molecular formula is C17H24Cl2N2O3. The molecule has 1 amide bonds. The van der Waals surface area contributed by atoms with Crippen LogP contribution in [0.5, 0.6) is 0 Å². The number of rotatable bonds is 2. The number of nitrogens with zero attached hydrogens (tertiary/aromatic N) is 1. The molecule has 0 saturated carbocycles. The van der Waals surface area contributed by atoms with E-state index in [1.807, 2.05) is 26.8 Å². The summed E-state index contributed by atoms with van der Waals surface area (Å²) >= 11 is 12.1. The Morgan fingerprint density at radius 2 is 2.04 bits per heavy atom. The van der Waals surface area contributed by atoms with Crippen molar-refractivity contribution in [2.24, 2.45) is 5.73 Å². The molecule has 1 heterocycles. The number of halogens is 2. The van der Waals surface area contributed by atoms with Crippen LogP contribution in [0.3, 0.4) is 0 Å². The van der Waals surface area contributed by atoms with Gasteiger partial charge in [0.2, 0.25) is 0 Å². The van der Waals surface area contributed by atoms with E-state index in [1.165, 1.54) is 0 Å². The highest BCUT2D eigenvalue weighted by Crippen LogP contribution is 2.34. The molecule has 0 aromatic heterocycles. The van der Waals surface area contributed by atoms with Gasteiger partial charge in [0.25, 0.3) is 0 Å². The molecule has 2 N–H and O–H groups in total. The number of hydrogen-bond acceptors (Lipinski definition) is 4. The maximum atomic E-state index is 12.3. The summed E-state index contributed by atoms with van der Waals surface area (Å²) in [6.45, 7) is 7.14. The average Bonchev–Trinajstić information content (AvgIpc) is 2.72. The molecule has 0 radical (unpaired) electrons. The zero-order chi connectivity index (χ0) is 18.0. The lowest BCUT2D eigenvalue weighted by atomic mass is 9.90. The Morgan fingerprint density at radius 1 is 1.33 bits per heavy atom. The molecule has 2 rings (SSSR count). The molecule has 0 aliphatic carbocycles. The van der Waals surface area contributed by atoms with Gasteiger partial charge in [0, 0.05) is 19.6 Å².